The van der Waals surface area contributed by atoms with Crippen molar-refractivity contribution in [1.82, 2.24) is 19.9 Å². The molecule has 2 unspecified atom stereocenters. The minimum absolute atomic E-state index is 0.209. The minimum atomic E-state index is 0.209. The molecule has 2 aliphatic heterocycles. The number of carbonyl (C=O) groups is 1. The largest absolute Gasteiger partial charge is 0.339 e. The number of unbranched alkanes of at least 4 members (excludes halogenated alkanes) is 1. The van der Waals surface area contributed by atoms with Crippen LogP contribution in [0.15, 0.2) is 4.52 Å². The van der Waals surface area contributed by atoms with Crippen LogP contribution in [0.3, 0.4) is 0 Å². The maximum atomic E-state index is 11.8. The molecule has 6 nitrogen and oxygen atoms in total. The third-order valence-electron chi connectivity index (χ3n) is 5.16. The Bertz CT molecular complexity index is 530. The molecule has 0 N–H and O–H groups in total. The van der Waals surface area contributed by atoms with E-state index in [-0.39, 0.29) is 5.91 Å². The van der Waals surface area contributed by atoms with Gasteiger partial charge in [0.1, 0.15) is 0 Å². The molecule has 0 spiro atoms. The molecule has 3 heterocycles. The summed E-state index contributed by atoms with van der Waals surface area (Å²) in [5.41, 5.74) is 0. The van der Waals surface area contributed by atoms with Crippen LogP contribution in [0.5, 0.6) is 0 Å². The summed E-state index contributed by atoms with van der Waals surface area (Å²) in [5.74, 6) is 1.75. The number of hydrogen-bond acceptors (Lipinski definition) is 5. The summed E-state index contributed by atoms with van der Waals surface area (Å²) in [6.45, 7) is 6.56. The lowest BCUT2D eigenvalue weighted by Crippen LogP contribution is -2.47. The second-order valence-electron chi connectivity index (χ2n) is 6.81. The van der Waals surface area contributed by atoms with Crippen molar-refractivity contribution in [3.05, 3.63) is 11.7 Å². The van der Waals surface area contributed by atoms with Crippen molar-refractivity contribution in [2.45, 2.75) is 77.4 Å². The first-order valence-corrected chi connectivity index (χ1v) is 9.01. The molecule has 128 valence electrons. The first-order valence-electron chi connectivity index (χ1n) is 9.01. The van der Waals surface area contributed by atoms with Crippen LogP contribution >= 0.6 is 0 Å². The van der Waals surface area contributed by atoms with Gasteiger partial charge in [-0.2, -0.15) is 4.98 Å². The average Bonchev–Trinajstić information content (AvgIpc) is 3.25. The van der Waals surface area contributed by atoms with E-state index in [1.54, 1.807) is 6.92 Å². The molecule has 2 fully saturated rings. The summed E-state index contributed by atoms with van der Waals surface area (Å²) in [4.78, 5) is 20.9. The van der Waals surface area contributed by atoms with E-state index < -0.39 is 0 Å². The Morgan fingerprint density at radius 1 is 1.26 bits per heavy atom. The molecule has 2 saturated heterocycles. The number of carbonyl (C=O) groups excluding carboxylic acids is 1. The highest BCUT2D eigenvalue weighted by molar-refractivity contribution is 5.74. The zero-order valence-corrected chi connectivity index (χ0v) is 14.3. The molecule has 23 heavy (non-hydrogen) atoms. The summed E-state index contributed by atoms with van der Waals surface area (Å²) in [6, 6.07) is 0.806. The van der Waals surface area contributed by atoms with Crippen LogP contribution in [-0.2, 0) is 17.8 Å². The van der Waals surface area contributed by atoms with Crippen molar-refractivity contribution >= 4 is 5.91 Å². The average molecular weight is 320 g/mol. The van der Waals surface area contributed by atoms with Crippen LogP contribution in [-0.4, -0.2) is 51.0 Å². The number of aromatic nitrogens is 2. The van der Waals surface area contributed by atoms with Gasteiger partial charge in [-0.05, 0) is 38.6 Å². The molecule has 2 aliphatic rings. The molecule has 2 atom stereocenters. The van der Waals surface area contributed by atoms with Gasteiger partial charge < -0.3 is 9.42 Å². The standard InChI is InChI=1S/C17H28N4O2/c1-3-4-9-17-18-16(19-23-17)12-20-10-5-7-14(20)15-8-6-11-21(15)13(2)22/h14-15H,3-12H2,1-2H3. The van der Waals surface area contributed by atoms with Gasteiger partial charge in [0.15, 0.2) is 5.82 Å². The van der Waals surface area contributed by atoms with Gasteiger partial charge in [0.25, 0.3) is 0 Å². The molecule has 0 bridgehead atoms. The first-order chi connectivity index (χ1) is 11.2. The Hall–Kier alpha value is -1.43. The molecule has 3 rings (SSSR count). The quantitative estimate of drug-likeness (QED) is 0.805. The number of aryl methyl sites for hydroxylation is 1. The molecule has 0 aromatic carbocycles. The molecule has 1 amide bonds. The van der Waals surface area contributed by atoms with Crippen molar-refractivity contribution in [3.63, 3.8) is 0 Å². The van der Waals surface area contributed by atoms with Crippen LogP contribution in [0.25, 0.3) is 0 Å². The maximum absolute atomic E-state index is 11.8. The Morgan fingerprint density at radius 2 is 2.04 bits per heavy atom. The minimum Gasteiger partial charge on any atom is -0.339 e. The summed E-state index contributed by atoms with van der Waals surface area (Å²) >= 11 is 0. The van der Waals surface area contributed by atoms with Gasteiger partial charge in [0, 0.05) is 32.0 Å². The monoisotopic (exact) mass is 320 g/mol. The van der Waals surface area contributed by atoms with Crippen molar-refractivity contribution in [3.8, 4) is 0 Å². The van der Waals surface area contributed by atoms with Crippen LogP contribution in [0.1, 0.15) is 64.1 Å². The summed E-state index contributed by atoms with van der Waals surface area (Å²) in [5, 5.41) is 4.14. The summed E-state index contributed by atoms with van der Waals surface area (Å²) in [7, 11) is 0. The molecular formula is C17H28N4O2. The molecule has 0 saturated carbocycles. The van der Waals surface area contributed by atoms with Crippen LogP contribution in [0.2, 0.25) is 0 Å². The Labute approximate surface area is 138 Å². The fraction of sp³-hybridized carbons (Fsp3) is 0.824. The van der Waals surface area contributed by atoms with Crippen LogP contribution in [0, 0.1) is 0 Å². The zero-order valence-electron chi connectivity index (χ0n) is 14.3. The van der Waals surface area contributed by atoms with Crippen LogP contribution < -0.4 is 0 Å². The van der Waals surface area contributed by atoms with E-state index in [4.69, 9.17) is 4.52 Å². The first kappa shape index (κ1) is 16.4. The smallest absolute Gasteiger partial charge is 0.226 e. The number of amides is 1. The van der Waals surface area contributed by atoms with E-state index in [0.717, 1.165) is 69.9 Å². The molecular weight excluding hydrogens is 292 g/mol. The van der Waals surface area contributed by atoms with Gasteiger partial charge in [-0.1, -0.05) is 18.5 Å². The van der Waals surface area contributed by atoms with Gasteiger partial charge in [0.05, 0.1) is 6.54 Å². The second-order valence-corrected chi connectivity index (χ2v) is 6.81. The lowest BCUT2D eigenvalue weighted by Gasteiger charge is -2.34. The van der Waals surface area contributed by atoms with Crippen molar-refractivity contribution in [2.24, 2.45) is 0 Å². The third-order valence-corrected chi connectivity index (χ3v) is 5.16. The Balaban J connectivity index is 1.62. The molecule has 6 heteroatoms. The van der Waals surface area contributed by atoms with E-state index in [2.05, 4.69) is 26.9 Å². The van der Waals surface area contributed by atoms with E-state index in [0.29, 0.717) is 12.1 Å². The van der Waals surface area contributed by atoms with Crippen molar-refractivity contribution < 1.29 is 9.32 Å². The van der Waals surface area contributed by atoms with Gasteiger partial charge >= 0.3 is 0 Å². The Morgan fingerprint density at radius 3 is 2.83 bits per heavy atom. The Kier molecular flexibility index (Phi) is 5.30. The summed E-state index contributed by atoms with van der Waals surface area (Å²) in [6.07, 6.45) is 7.68. The fourth-order valence-electron chi connectivity index (χ4n) is 4.03. The number of rotatable bonds is 6. The highest BCUT2D eigenvalue weighted by Crippen LogP contribution is 2.30. The van der Waals surface area contributed by atoms with E-state index in [1.165, 1.54) is 6.42 Å². The van der Waals surface area contributed by atoms with Gasteiger partial charge in [-0.3, -0.25) is 9.69 Å². The highest BCUT2D eigenvalue weighted by atomic mass is 16.5. The van der Waals surface area contributed by atoms with E-state index in [1.807, 2.05) is 0 Å². The summed E-state index contributed by atoms with van der Waals surface area (Å²) < 4.78 is 5.34. The topological polar surface area (TPSA) is 62.5 Å². The maximum Gasteiger partial charge on any atom is 0.226 e. The highest BCUT2D eigenvalue weighted by Gasteiger charge is 2.39. The molecule has 1 aromatic rings. The lowest BCUT2D eigenvalue weighted by atomic mass is 10.0. The molecule has 1 aromatic heterocycles. The normalized spacial score (nSPS) is 25.4. The number of hydrogen-bond donors (Lipinski definition) is 0. The van der Waals surface area contributed by atoms with Crippen molar-refractivity contribution in [2.75, 3.05) is 13.1 Å². The fourth-order valence-corrected chi connectivity index (χ4v) is 4.03. The van der Waals surface area contributed by atoms with E-state index in [9.17, 15) is 4.79 Å². The lowest BCUT2D eigenvalue weighted by molar-refractivity contribution is -0.130. The van der Waals surface area contributed by atoms with Gasteiger partial charge in [-0.25, -0.2) is 0 Å². The molecule has 0 radical (unpaired) electrons. The predicted octanol–water partition coefficient (Wildman–Crippen LogP) is 2.39. The second kappa shape index (κ2) is 7.43. The van der Waals surface area contributed by atoms with E-state index >= 15 is 0 Å². The molecule has 0 aliphatic carbocycles. The predicted molar refractivity (Wildman–Crippen MR) is 86.8 cm³/mol. The SMILES string of the molecule is CCCCc1nc(CN2CCCC2C2CCCN2C(C)=O)no1. The zero-order chi connectivity index (χ0) is 16.2. The van der Waals surface area contributed by atoms with Crippen molar-refractivity contribution in [1.29, 1.82) is 0 Å². The number of likely N-dealkylation sites (tertiary alicyclic amines) is 2. The number of nitrogens with zero attached hydrogens (tertiary/aromatic N) is 4. The van der Waals surface area contributed by atoms with Gasteiger partial charge in [-0.15, -0.1) is 0 Å². The third kappa shape index (κ3) is 3.74. The van der Waals surface area contributed by atoms with Gasteiger partial charge in [0.2, 0.25) is 11.8 Å². The van der Waals surface area contributed by atoms with Crippen LogP contribution in [0.4, 0.5) is 0 Å².